The van der Waals surface area contributed by atoms with Crippen molar-refractivity contribution in [2.75, 3.05) is 81.5 Å². The highest BCUT2D eigenvalue weighted by Crippen LogP contribution is 2.23. The van der Waals surface area contributed by atoms with Gasteiger partial charge in [0.1, 0.15) is 11.5 Å². The minimum Gasteiger partial charge on any atom is -0.463 e. The Morgan fingerprint density at radius 1 is 1.17 bits per heavy atom. The average Bonchev–Trinajstić information content (AvgIpc) is 3.68. The number of piperazine rings is 1. The van der Waals surface area contributed by atoms with Gasteiger partial charge in [-0.25, -0.2) is 4.39 Å². The van der Waals surface area contributed by atoms with Gasteiger partial charge in [-0.15, -0.1) is 0 Å². The lowest BCUT2D eigenvalue weighted by atomic mass is 10.1. The fourth-order valence-electron chi connectivity index (χ4n) is 5.04. The number of rotatable bonds is 9. The Balaban J connectivity index is 0.972. The maximum absolute atomic E-state index is 15.0. The Labute approximate surface area is 235 Å². The van der Waals surface area contributed by atoms with Gasteiger partial charge in [0.15, 0.2) is 11.4 Å². The summed E-state index contributed by atoms with van der Waals surface area (Å²) in [7, 11) is 0. The van der Waals surface area contributed by atoms with Gasteiger partial charge in [-0.1, -0.05) is 0 Å². The zero-order valence-electron chi connectivity index (χ0n) is 22.6. The molecule has 1 atom stereocenters. The molecule has 0 radical (unpaired) electrons. The number of aromatic nitrogens is 4. The fourth-order valence-corrected chi connectivity index (χ4v) is 5.04. The number of ether oxygens (including phenoxy) is 1. The molecule has 0 spiro atoms. The van der Waals surface area contributed by atoms with Crippen LogP contribution in [0.25, 0.3) is 17.1 Å². The Morgan fingerprint density at radius 3 is 2.80 bits per heavy atom. The summed E-state index contributed by atoms with van der Waals surface area (Å²) in [5, 5.41) is 13.8. The van der Waals surface area contributed by atoms with Gasteiger partial charge in [0.2, 0.25) is 11.9 Å². The van der Waals surface area contributed by atoms with Crippen LogP contribution in [0.4, 0.5) is 22.0 Å². The number of nitrogens with two attached hydrogens (primary N) is 1. The highest BCUT2D eigenvalue weighted by Gasteiger charge is 2.21. The number of hydrogen-bond acceptors (Lipinski definition) is 11. The molecular formula is C27H33FN10O3. The molecule has 5 N–H and O–H groups in total. The molecule has 0 bridgehead atoms. The molecule has 0 aliphatic carbocycles. The largest absolute Gasteiger partial charge is 0.463 e. The molecule has 1 aromatic carbocycles. The predicted molar refractivity (Wildman–Crippen MR) is 151 cm³/mol. The summed E-state index contributed by atoms with van der Waals surface area (Å²) < 4.78 is 27.3. The molecule has 1 amide bonds. The molecule has 4 aromatic rings. The summed E-state index contributed by atoms with van der Waals surface area (Å²) in [6.07, 6.45) is 1.59. The normalized spacial score (nSPS) is 18.1. The van der Waals surface area contributed by atoms with Crippen molar-refractivity contribution in [2.24, 2.45) is 0 Å². The van der Waals surface area contributed by atoms with Crippen molar-refractivity contribution in [3.8, 4) is 11.5 Å². The number of benzene rings is 1. The number of morpholine rings is 1. The van der Waals surface area contributed by atoms with Crippen LogP contribution in [0.2, 0.25) is 0 Å². The lowest BCUT2D eigenvalue weighted by molar-refractivity contribution is 0.0734. The quantitative estimate of drug-likeness (QED) is 0.231. The SMILES string of the molecule is Nc1nc(NCCN2CCN(c3ccc(C(=O)NCC4COCCN4)cc3F)CC2)nc2cc(-c3ccco3)nn12. The molecule has 2 aliphatic heterocycles. The van der Waals surface area contributed by atoms with E-state index in [2.05, 4.69) is 35.9 Å². The lowest BCUT2D eigenvalue weighted by Gasteiger charge is -2.36. The Morgan fingerprint density at radius 2 is 2.05 bits per heavy atom. The highest BCUT2D eigenvalue weighted by molar-refractivity contribution is 5.94. The van der Waals surface area contributed by atoms with Gasteiger partial charge in [-0.3, -0.25) is 9.69 Å². The Hall–Kier alpha value is -4.27. The molecule has 0 saturated carbocycles. The number of hydrogen-bond donors (Lipinski definition) is 4. The van der Waals surface area contributed by atoms with E-state index >= 15 is 0 Å². The van der Waals surface area contributed by atoms with Crippen LogP contribution in [-0.2, 0) is 4.74 Å². The first kappa shape index (κ1) is 26.9. The van der Waals surface area contributed by atoms with Crippen molar-refractivity contribution in [3.63, 3.8) is 0 Å². The zero-order valence-corrected chi connectivity index (χ0v) is 22.6. The van der Waals surface area contributed by atoms with Crippen molar-refractivity contribution in [1.82, 2.24) is 35.1 Å². The van der Waals surface area contributed by atoms with E-state index in [-0.39, 0.29) is 17.9 Å². The second kappa shape index (κ2) is 12.1. The molecule has 41 heavy (non-hydrogen) atoms. The van der Waals surface area contributed by atoms with Crippen LogP contribution in [0.1, 0.15) is 10.4 Å². The smallest absolute Gasteiger partial charge is 0.251 e. The maximum atomic E-state index is 15.0. The van der Waals surface area contributed by atoms with E-state index in [1.165, 1.54) is 10.6 Å². The number of nitrogens with zero attached hydrogens (tertiary/aromatic N) is 6. The number of carbonyl (C=O) groups excluding carboxylic acids is 1. The third-order valence-electron chi connectivity index (χ3n) is 7.26. The third kappa shape index (κ3) is 6.24. The molecule has 1 unspecified atom stereocenters. The number of fused-ring (bicyclic) bond motifs is 1. The van der Waals surface area contributed by atoms with Crippen LogP contribution in [0.5, 0.6) is 0 Å². The van der Waals surface area contributed by atoms with E-state index in [0.717, 1.165) is 26.2 Å². The van der Waals surface area contributed by atoms with Crippen LogP contribution < -0.4 is 26.6 Å². The van der Waals surface area contributed by atoms with Crippen LogP contribution in [0.3, 0.4) is 0 Å². The number of anilines is 3. The second-order valence-electron chi connectivity index (χ2n) is 10.0. The van der Waals surface area contributed by atoms with Crippen molar-refractivity contribution < 1.29 is 18.3 Å². The van der Waals surface area contributed by atoms with Gasteiger partial charge < -0.3 is 35.7 Å². The molecule has 5 heterocycles. The summed E-state index contributed by atoms with van der Waals surface area (Å²) in [5.74, 6) is 0.589. The van der Waals surface area contributed by atoms with E-state index in [1.807, 2.05) is 11.0 Å². The predicted octanol–water partition coefficient (Wildman–Crippen LogP) is 1.06. The Bertz CT molecular complexity index is 1480. The van der Waals surface area contributed by atoms with Crippen molar-refractivity contribution >= 4 is 29.1 Å². The topological polar surface area (TPSA) is 151 Å². The molecule has 13 nitrogen and oxygen atoms in total. The molecule has 14 heteroatoms. The lowest BCUT2D eigenvalue weighted by Crippen LogP contribution is -2.48. The second-order valence-corrected chi connectivity index (χ2v) is 10.0. The van der Waals surface area contributed by atoms with Crippen molar-refractivity contribution in [2.45, 2.75) is 6.04 Å². The van der Waals surface area contributed by atoms with Crippen LogP contribution in [0, 0.1) is 5.82 Å². The molecule has 6 rings (SSSR count). The van der Waals surface area contributed by atoms with Crippen LogP contribution in [0.15, 0.2) is 47.1 Å². The Kier molecular flexibility index (Phi) is 7.93. The highest BCUT2D eigenvalue weighted by atomic mass is 19.1. The third-order valence-corrected chi connectivity index (χ3v) is 7.26. The number of nitrogen functional groups attached to an aromatic ring is 1. The van der Waals surface area contributed by atoms with Crippen molar-refractivity contribution in [3.05, 3.63) is 54.0 Å². The average molecular weight is 565 g/mol. The first-order chi connectivity index (χ1) is 20.0. The summed E-state index contributed by atoms with van der Waals surface area (Å²) in [4.78, 5) is 25.6. The van der Waals surface area contributed by atoms with Gasteiger partial charge >= 0.3 is 0 Å². The minimum atomic E-state index is -0.396. The summed E-state index contributed by atoms with van der Waals surface area (Å²) in [6.45, 7) is 6.70. The maximum Gasteiger partial charge on any atom is 0.251 e. The van der Waals surface area contributed by atoms with Gasteiger partial charge in [-0.2, -0.15) is 19.6 Å². The first-order valence-corrected chi connectivity index (χ1v) is 13.7. The van der Waals surface area contributed by atoms with E-state index < -0.39 is 5.82 Å². The molecule has 2 fully saturated rings. The fraction of sp³-hybridized carbons (Fsp3) is 0.407. The zero-order chi connectivity index (χ0) is 28.2. The van der Waals surface area contributed by atoms with Gasteiger partial charge in [0.25, 0.3) is 5.91 Å². The number of amides is 1. The minimum absolute atomic E-state index is 0.0653. The van der Waals surface area contributed by atoms with E-state index in [0.29, 0.717) is 73.7 Å². The van der Waals surface area contributed by atoms with Crippen LogP contribution in [-0.4, -0.2) is 102 Å². The van der Waals surface area contributed by atoms with Gasteiger partial charge in [0, 0.05) is 70.0 Å². The van der Waals surface area contributed by atoms with E-state index in [4.69, 9.17) is 14.9 Å². The number of furan rings is 1. The molecule has 2 aliphatic rings. The first-order valence-electron chi connectivity index (χ1n) is 13.7. The number of halogens is 1. The molecule has 2 saturated heterocycles. The number of nitrogens with one attached hydrogen (secondary N) is 3. The molecule has 216 valence electrons. The van der Waals surface area contributed by atoms with Crippen LogP contribution >= 0.6 is 0 Å². The van der Waals surface area contributed by atoms with Gasteiger partial charge in [0.05, 0.1) is 25.2 Å². The van der Waals surface area contributed by atoms with Crippen molar-refractivity contribution in [1.29, 1.82) is 0 Å². The summed E-state index contributed by atoms with van der Waals surface area (Å²) in [6, 6.07) is 10.2. The standard InChI is InChI=1S/C27H33FN10O3/c28-20-14-18(25(39)32-16-19-17-40-13-6-30-19)3-4-22(20)37-10-8-36(9-11-37)7-5-31-27-33-24-15-21(23-2-1-12-41-23)35-38(24)26(29)34-27/h1-4,12,14-15,19,30H,5-11,13,16-17H2,(H,32,39)(H3,29,31,33,34). The molecular weight excluding hydrogens is 531 g/mol. The molecule has 3 aromatic heterocycles. The summed E-state index contributed by atoms with van der Waals surface area (Å²) in [5.41, 5.74) is 8.11. The summed E-state index contributed by atoms with van der Waals surface area (Å²) >= 11 is 0. The number of carbonyl (C=O) groups is 1. The van der Waals surface area contributed by atoms with E-state index in [1.54, 1.807) is 30.5 Å². The monoisotopic (exact) mass is 564 g/mol. The van der Waals surface area contributed by atoms with E-state index in [9.17, 15) is 9.18 Å². The van der Waals surface area contributed by atoms with Gasteiger partial charge in [-0.05, 0) is 30.3 Å².